The fraction of sp³-hybridized carbons (Fsp3) is 0.296. The number of rotatable bonds is 9. The van der Waals surface area contributed by atoms with Crippen LogP contribution >= 0.6 is 0 Å². The molecule has 1 fully saturated rings. The molecule has 1 aliphatic heterocycles. The lowest BCUT2D eigenvalue weighted by atomic mass is 10.1. The topological polar surface area (TPSA) is 54.0 Å². The third-order valence-electron chi connectivity index (χ3n) is 6.09. The zero-order valence-electron chi connectivity index (χ0n) is 19.6. The summed E-state index contributed by atoms with van der Waals surface area (Å²) in [5.74, 6) is -0.358. The molecule has 8 heteroatoms. The van der Waals surface area contributed by atoms with E-state index in [4.69, 9.17) is 4.74 Å². The minimum absolute atomic E-state index is 0.0768. The highest BCUT2D eigenvalue weighted by Gasteiger charge is 2.19. The molecule has 184 valence electrons. The molecule has 35 heavy (non-hydrogen) atoms. The van der Waals surface area contributed by atoms with Gasteiger partial charge in [-0.05, 0) is 41.5 Å². The van der Waals surface area contributed by atoms with Crippen LogP contribution in [0.5, 0.6) is 11.5 Å². The molecule has 6 nitrogen and oxygen atoms in total. The van der Waals surface area contributed by atoms with E-state index in [0.29, 0.717) is 12.1 Å². The van der Waals surface area contributed by atoms with Gasteiger partial charge in [-0.25, -0.2) is 0 Å². The Morgan fingerprint density at radius 3 is 2.29 bits per heavy atom. The van der Waals surface area contributed by atoms with Crippen LogP contribution in [0.2, 0.25) is 0 Å². The molecule has 0 bridgehead atoms. The van der Waals surface area contributed by atoms with Gasteiger partial charge < -0.3 is 19.7 Å². The normalized spacial score (nSPS) is 14.1. The van der Waals surface area contributed by atoms with Gasteiger partial charge >= 0.3 is 6.61 Å². The van der Waals surface area contributed by atoms with Gasteiger partial charge in [-0.15, -0.1) is 0 Å². The van der Waals surface area contributed by atoms with E-state index < -0.39 is 6.61 Å². The Kier molecular flexibility index (Phi) is 8.15. The highest BCUT2D eigenvalue weighted by atomic mass is 19.3. The molecule has 0 saturated carbocycles. The summed E-state index contributed by atoms with van der Waals surface area (Å²) in [6.45, 7) is 2.05. The summed E-state index contributed by atoms with van der Waals surface area (Å²) in [5, 5.41) is 2.92. The van der Waals surface area contributed by atoms with E-state index in [0.717, 1.165) is 38.3 Å². The van der Waals surface area contributed by atoms with Crippen LogP contribution in [0.1, 0.15) is 21.5 Å². The Bertz CT molecular complexity index is 1120. The van der Waals surface area contributed by atoms with Gasteiger partial charge in [0.15, 0.2) is 11.5 Å². The van der Waals surface area contributed by atoms with Gasteiger partial charge in [0.25, 0.3) is 5.91 Å². The van der Waals surface area contributed by atoms with E-state index in [1.807, 2.05) is 24.3 Å². The van der Waals surface area contributed by atoms with Gasteiger partial charge in [0.2, 0.25) is 0 Å². The number of hydrogen-bond donors (Lipinski definition) is 1. The van der Waals surface area contributed by atoms with Crippen molar-refractivity contribution in [1.29, 1.82) is 0 Å². The highest BCUT2D eigenvalue weighted by Crippen LogP contribution is 2.29. The van der Waals surface area contributed by atoms with Gasteiger partial charge in [0.1, 0.15) is 0 Å². The molecular formula is C27H29F2N3O3. The monoisotopic (exact) mass is 481 g/mol. The number of amides is 1. The number of methoxy groups -OCH3 is 1. The third-order valence-corrected chi connectivity index (χ3v) is 6.09. The number of nitrogens with zero attached hydrogens (tertiary/aromatic N) is 2. The SMILES string of the molecule is COc1cc(C(=O)NCc2ccccc2CN2CCN(c3ccccc3)CC2)ccc1OC(F)F. The van der Waals surface area contributed by atoms with Crippen LogP contribution in [-0.4, -0.2) is 50.7 Å². The van der Waals surface area contributed by atoms with Gasteiger partial charge in [0, 0.05) is 50.5 Å². The maximum absolute atomic E-state index is 12.7. The minimum atomic E-state index is -2.97. The molecule has 0 radical (unpaired) electrons. The summed E-state index contributed by atoms with van der Waals surface area (Å²) in [4.78, 5) is 17.5. The Balaban J connectivity index is 1.34. The summed E-state index contributed by atoms with van der Waals surface area (Å²) < 4.78 is 34.6. The molecule has 3 aromatic carbocycles. The summed E-state index contributed by atoms with van der Waals surface area (Å²) in [7, 11) is 1.34. The molecule has 0 aromatic heterocycles. The molecule has 0 atom stereocenters. The van der Waals surface area contributed by atoms with Crippen LogP contribution in [0.25, 0.3) is 0 Å². The zero-order valence-corrected chi connectivity index (χ0v) is 19.6. The highest BCUT2D eigenvalue weighted by molar-refractivity contribution is 5.94. The number of alkyl halides is 2. The van der Waals surface area contributed by atoms with Crippen molar-refractivity contribution in [2.75, 3.05) is 38.2 Å². The van der Waals surface area contributed by atoms with Crippen molar-refractivity contribution in [3.63, 3.8) is 0 Å². The van der Waals surface area contributed by atoms with Gasteiger partial charge in [0.05, 0.1) is 7.11 Å². The zero-order chi connectivity index (χ0) is 24.6. The van der Waals surface area contributed by atoms with E-state index in [9.17, 15) is 13.6 Å². The first kappa shape index (κ1) is 24.5. The number of nitrogens with one attached hydrogen (secondary N) is 1. The molecule has 1 heterocycles. The second-order valence-corrected chi connectivity index (χ2v) is 8.29. The third kappa shape index (κ3) is 6.48. The Morgan fingerprint density at radius 1 is 0.914 bits per heavy atom. The minimum Gasteiger partial charge on any atom is -0.493 e. The predicted octanol–water partition coefficient (Wildman–Crippen LogP) is 4.55. The van der Waals surface area contributed by atoms with Crippen molar-refractivity contribution >= 4 is 11.6 Å². The van der Waals surface area contributed by atoms with E-state index in [2.05, 4.69) is 50.2 Å². The summed E-state index contributed by atoms with van der Waals surface area (Å²) in [6, 6.07) is 22.6. The van der Waals surface area contributed by atoms with Crippen molar-refractivity contribution in [2.45, 2.75) is 19.7 Å². The summed E-state index contributed by atoms with van der Waals surface area (Å²) >= 11 is 0. The molecule has 0 spiro atoms. The van der Waals surface area contributed by atoms with Crippen molar-refractivity contribution in [2.24, 2.45) is 0 Å². The first-order valence-electron chi connectivity index (χ1n) is 11.5. The smallest absolute Gasteiger partial charge is 0.387 e. The van der Waals surface area contributed by atoms with Crippen LogP contribution in [0.15, 0.2) is 72.8 Å². The van der Waals surface area contributed by atoms with Gasteiger partial charge in [-0.2, -0.15) is 8.78 Å². The summed E-state index contributed by atoms with van der Waals surface area (Å²) in [5.41, 5.74) is 3.76. The first-order valence-corrected chi connectivity index (χ1v) is 11.5. The predicted molar refractivity (Wildman–Crippen MR) is 131 cm³/mol. The van der Waals surface area contributed by atoms with Gasteiger partial charge in [-0.1, -0.05) is 42.5 Å². The van der Waals surface area contributed by atoms with Crippen molar-refractivity contribution in [3.8, 4) is 11.5 Å². The Morgan fingerprint density at radius 2 is 1.60 bits per heavy atom. The molecule has 1 saturated heterocycles. The number of hydrogen-bond acceptors (Lipinski definition) is 5. The van der Waals surface area contributed by atoms with Crippen molar-refractivity contribution in [3.05, 3.63) is 89.5 Å². The lowest BCUT2D eigenvalue weighted by Gasteiger charge is -2.36. The summed E-state index contributed by atoms with van der Waals surface area (Å²) in [6.07, 6.45) is 0. The number of ether oxygens (including phenoxy) is 2. The average molecular weight is 482 g/mol. The Hall–Kier alpha value is -3.65. The number of anilines is 1. The number of piperazine rings is 1. The van der Waals surface area contributed by atoms with Crippen LogP contribution < -0.4 is 19.7 Å². The van der Waals surface area contributed by atoms with E-state index >= 15 is 0 Å². The largest absolute Gasteiger partial charge is 0.493 e. The number of carbonyl (C=O) groups excluding carboxylic acids is 1. The molecule has 3 aromatic rings. The number of carbonyl (C=O) groups is 1. The lowest BCUT2D eigenvalue weighted by molar-refractivity contribution is -0.0512. The molecule has 1 aliphatic rings. The lowest BCUT2D eigenvalue weighted by Crippen LogP contribution is -2.46. The maximum atomic E-state index is 12.7. The second kappa shape index (κ2) is 11.7. The van der Waals surface area contributed by atoms with Crippen molar-refractivity contribution in [1.82, 2.24) is 10.2 Å². The van der Waals surface area contributed by atoms with E-state index in [1.165, 1.54) is 36.6 Å². The average Bonchev–Trinajstić information content (AvgIpc) is 2.89. The molecule has 0 aliphatic carbocycles. The maximum Gasteiger partial charge on any atom is 0.387 e. The first-order chi connectivity index (χ1) is 17.0. The van der Waals surface area contributed by atoms with Crippen LogP contribution in [0.4, 0.5) is 14.5 Å². The quantitative estimate of drug-likeness (QED) is 0.486. The van der Waals surface area contributed by atoms with E-state index in [-0.39, 0.29) is 17.4 Å². The van der Waals surface area contributed by atoms with Crippen LogP contribution in [0, 0.1) is 0 Å². The van der Waals surface area contributed by atoms with E-state index in [1.54, 1.807) is 0 Å². The fourth-order valence-electron chi connectivity index (χ4n) is 4.21. The van der Waals surface area contributed by atoms with Crippen molar-refractivity contribution < 1.29 is 23.0 Å². The molecule has 4 rings (SSSR count). The van der Waals surface area contributed by atoms with Crippen LogP contribution in [0.3, 0.4) is 0 Å². The van der Waals surface area contributed by atoms with Gasteiger partial charge in [-0.3, -0.25) is 9.69 Å². The second-order valence-electron chi connectivity index (χ2n) is 8.29. The molecule has 0 unspecified atom stereocenters. The standard InChI is InChI=1S/C27H29F2N3O3/c1-34-25-17-20(11-12-24(25)35-27(28)29)26(33)30-18-21-7-5-6-8-22(21)19-31-13-15-32(16-14-31)23-9-3-2-4-10-23/h2-12,17,27H,13-16,18-19H2,1H3,(H,30,33). The number of para-hydroxylation sites is 1. The van der Waals surface area contributed by atoms with Crippen LogP contribution in [-0.2, 0) is 13.1 Å². The molecule has 1 amide bonds. The molecule has 1 N–H and O–H groups in total. The number of halogens is 2. The Labute approximate surface area is 204 Å². The fourth-order valence-corrected chi connectivity index (χ4v) is 4.21. The molecular weight excluding hydrogens is 452 g/mol. The number of benzene rings is 3.